The van der Waals surface area contributed by atoms with Crippen molar-refractivity contribution >= 4 is 23.4 Å². The normalized spacial score (nSPS) is 10.2. The summed E-state index contributed by atoms with van der Waals surface area (Å²) in [5.41, 5.74) is -0.592. The minimum absolute atomic E-state index is 0.0879. The molecular weight excluding hydrogens is 285 g/mol. The van der Waals surface area contributed by atoms with Crippen molar-refractivity contribution in [2.24, 2.45) is 0 Å². The summed E-state index contributed by atoms with van der Waals surface area (Å²) in [7, 11) is 0. The highest BCUT2D eigenvalue weighted by molar-refractivity contribution is 7.99. The first-order valence-electron chi connectivity index (χ1n) is 5.44. The molecule has 0 saturated carbocycles. The highest BCUT2D eigenvalue weighted by Gasteiger charge is 2.23. The maximum Gasteiger partial charge on any atom is 0.337 e. The first-order chi connectivity index (χ1) is 9.50. The molecule has 0 heterocycles. The summed E-state index contributed by atoms with van der Waals surface area (Å²) in [6.07, 6.45) is 0. The number of rotatable bonds is 4. The molecule has 0 atom stereocenters. The Balaban J connectivity index is 2.57. The van der Waals surface area contributed by atoms with Crippen molar-refractivity contribution in [2.45, 2.75) is 9.79 Å². The topological polar surface area (TPSA) is 80.4 Å². The second kappa shape index (κ2) is 5.70. The lowest BCUT2D eigenvalue weighted by Gasteiger charge is -2.07. The summed E-state index contributed by atoms with van der Waals surface area (Å²) >= 11 is 0.727. The van der Waals surface area contributed by atoms with Gasteiger partial charge in [0.25, 0.3) is 5.69 Å². The first kappa shape index (κ1) is 14.0. The van der Waals surface area contributed by atoms with E-state index in [4.69, 9.17) is 5.11 Å². The summed E-state index contributed by atoms with van der Waals surface area (Å²) in [6.45, 7) is 0. The Hall–Kier alpha value is -2.41. The number of nitro groups is 1. The van der Waals surface area contributed by atoms with Crippen LogP contribution in [0.25, 0.3) is 0 Å². The minimum atomic E-state index is -1.30. The number of hydrogen-bond acceptors (Lipinski definition) is 4. The average molecular weight is 293 g/mol. The molecule has 5 nitrogen and oxygen atoms in total. The van der Waals surface area contributed by atoms with E-state index in [0.717, 1.165) is 11.8 Å². The van der Waals surface area contributed by atoms with E-state index in [9.17, 15) is 19.3 Å². The molecule has 0 radical (unpaired) electrons. The smallest absolute Gasteiger partial charge is 0.337 e. The van der Waals surface area contributed by atoms with Crippen LogP contribution in [0.5, 0.6) is 0 Å². The quantitative estimate of drug-likeness (QED) is 0.688. The minimum Gasteiger partial charge on any atom is -0.478 e. The molecule has 0 bridgehead atoms. The Bertz CT molecular complexity index is 658. The van der Waals surface area contributed by atoms with Gasteiger partial charge in [-0.2, -0.15) is 0 Å². The number of carboxylic acid groups (broad SMARTS) is 1. The average Bonchev–Trinajstić information content (AvgIpc) is 2.41. The second-order valence-corrected chi connectivity index (χ2v) is 4.80. The van der Waals surface area contributed by atoms with Gasteiger partial charge in [0.15, 0.2) is 0 Å². The van der Waals surface area contributed by atoms with Crippen molar-refractivity contribution < 1.29 is 19.2 Å². The van der Waals surface area contributed by atoms with E-state index in [2.05, 4.69) is 0 Å². The van der Waals surface area contributed by atoms with Crippen molar-refractivity contribution in [3.63, 3.8) is 0 Å². The molecular formula is C13H8FNO4S. The van der Waals surface area contributed by atoms with Gasteiger partial charge in [-0.3, -0.25) is 10.1 Å². The van der Waals surface area contributed by atoms with Crippen molar-refractivity contribution in [1.29, 1.82) is 0 Å². The second-order valence-electron chi connectivity index (χ2n) is 3.75. The Morgan fingerprint density at radius 3 is 2.50 bits per heavy atom. The third-order valence-electron chi connectivity index (χ3n) is 2.47. The third kappa shape index (κ3) is 2.77. The molecule has 0 spiro atoms. The largest absolute Gasteiger partial charge is 0.478 e. The zero-order valence-corrected chi connectivity index (χ0v) is 10.8. The highest BCUT2D eigenvalue weighted by Crippen LogP contribution is 2.38. The molecule has 7 heteroatoms. The predicted molar refractivity (Wildman–Crippen MR) is 70.6 cm³/mol. The predicted octanol–water partition coefficient (Wildman–Crippen LogP) is 3.58. The molecule has 1 N–H and O–H groups in total. The molecule has 2 rings (SSSR count). The molecule has 2 aromatic rings. The molecule has 0 aliphatic heterocycles. The van der Waals surface area contributed by atoms with Crippen LogP contribution in [0, 0.1) is 15.9 Å². The fraction of sp³-hybridized carbons (Fsp3) is 0. The van der Waals surface area contributed by atoms with Gasteiger partial charge in [0.1, 0.15) is 10.7 Å². The van der Waals surface area contributed by atoms with Crippen LogP contribution in [-0.2, 0) is 0 Å². The number of halogens is 1. The van der Waals surface area contributed by atoms with Gasteiger partial charge in [0.05, 0.1) is 10.5 Å². The number of benzene rings is 2. The maximum atomic E-state index is 13.6. The van der Waals surface area contributed by atoms with Gasteiger partial charge in [-0.25, -0.2) is 9.18 Å². The number of nitrogens with zero attached hydrogens (tertiary/aromatic N) is 1. The van der Waals surface area contributed by atoms with Gasteiger partial charge in [0.2, 0.25) is 0 Å². The summed E-state index contributed by atoms with van der Waals surface area (Å²) < 4.78 is 13.6. The van der Waals surface area contributed by atoms with Crippen molar-refractivity contribution in [1.82, 2.24) is 0 Å². The highest BCUT2D eigenvalue weighted by atomic mass is 32.2. The molecule has 20 heavy (non-hydrogen) atoms. The lowest BCUT2D eigenvalue weighted by atomic mass is 10.2. The number of carbonyl (C=O) groups is 1. The molecule has 2 aromatic carbocycles. The van der Waals surface area contributed by atoms with E-state index in [1.54, 1.807) is 6.07 Å². The van der Waals surface area contributed by atoms with Gasteiger partial charge in [-0.15, -0.1) is 0 Å². The molecule has 0 aromatic heterocycles. The van der Waals surface area contributed by atoms with Crippen molar-refractivity contribution in [3.8, 4) is 0 Å². The van der Waals surface area contributed by atoms with Gasteiger partial charge < -0.3 is 5.11 Å². The zero-order chi connectivity index (χ0) is 14.7. The van der Waals surface area contributed by atoms with Gasteiger partial charge >= 0.3 is 5.97 Å². The Labute approximate surface area is 117 Å². The molecule has 0 unspecified atom stereocenters. The molecule has 102 valence electrons. The number of hydrogen-bond donors (Lipinski definition) is 1. The summed E-state index contributed by atoms with van der Waals surface area (Å²) in [6, 6.07) is 9.42. The van der Waals surface area contributed by atoms with Crippen molar-refractivity contribution in [2.75, 3.05) is 0 Å². The Kier molecular flexibility index (Phi) is 3.99. The van der Waals surface area contributed by atoms with Crippen LogP contribution < -0.4 is 0 Å². The van der Waals surface area contributed by atoms with Crippen LogP contribution >= 0.6 is 11.8 Å². The molecule has 0 saturated heterocycles. The Morgan fingerprint density at radius 1 is 1.20 bits per heavy atom. The lowest BCUT2D eigenvalue weighted by molar-refractivity contribution is -0.387. The van der Waals surface area contributed by atoms with E-state index >= 15 is 0 Å². The number of aromatic carboxylic acids is 1. The standard InChI is InChI=1S/C13H8FNO4S/c14-9-5-1-2-7-11(9)20-12-8(13(16)17)4-3-6-10(12)15(18)19/h1-7H,(H,16,17). The fourth-order valence-electron chi connectivity index (χ4n) is 1.58. The van der Waals surface area contributed by atoms with Gasteiger partial charge in [-0.1, -0.05) is 30.0 Å². The molecule has 0 aliphatic carbocycles. The Morgan fingerprint density at radius 2 is 1.90 bits per heavy atom. The summed E-state index contributed by atoms with van der Waals surface area (Å²) in [4.78, 5) is 21.5. The molecule has 0 aliphatic rings. The van der Waals surface area contributed by atoms with E-state index < -0.39 is 16.7 Å². The van der Waals surface area contributed by atoms with Crippen LogP contribution in [0.4, 0.5) is 10.1 Å². The number of carboxylic acids is 1. The summed E-state index contributed by atoms with van der Waals surface area (Å²) in [5, 5.41) is 20.1. The van der Waals surface area contributed by atoms with Crippen LogP contribution in [0.2, 0.25) is 0 Å². The SMILES string of the molecule is O=C(O)c1cccc([N+](=O)[O-])c1Sc1ccccc1F. The number of nitro benzene ring substituents is 1. The third-order valence-corrected chi connectivity index (χ3v) is 3.65. The fourth-order valence-corrected chi connectivity index (χ4v) is 2.63. The lowest BCUT2D eigenvalue weighted by Crippen LogP contribution is -2.02. The van der Waals surface area contributed by atoms with Crippen LogP contribution in [0.1, 0.15) is 10.4 Å². The first-order valence-corrected chi connectivity index (χ1v) is 6.25. The van der Waals surface area contributed by atoms with Gasteiger partial charge in [-0.05, 0) is 18.2 Å². The molecule has 0 fully saturated rings. The van der Waals surface area contributed by atoms with E-state index in [1.165, 1.54) is 36.4 Å². The van der Waals surface area contributed by atoms with Crippen LogP contribution in [-0.4, -0.2) is 16.0 Å². The zero-order valence-electron chi connectivity index (χ0n) is 9.95. The maximum absolute atomic E-state index is 13.6. The summed E-state index contributed by atoms with van der Waals surface area (Å²) in [5.74, 6) is -1.86. The molecule has 0 amide bonds. The van der Waals surface area contributed by atoms with E-state index in [-0.39, 0.29) is 21.0 Å². The van der Waals surface area contributed by atoms with E-state index in [0.29, 0.717) is 0 Å². The van der Waals surface area contributed by atoms with Gasteiger partial charge in [0, 0.05) is 11.0 Å². The monoisotopic (exact) mass is 293 g/mol. The van der Waals surface area contributed by atoms with Crippen LogP contribution in [0.15, 0.2) is 52.3 Å². The van der Waals surface area contributed by atoms with Crippen LogP contribution in [0.3, 0.4) is 0 Å². The van der Waals surface area contributed by atoms with E-state index in [1.807, 2.05) is 0 Å². The van der Waals surface area contributed by atoms with Crippen molar-refractivity contribution in [3.05, 3.63) is 64.0 Å².